The predicted molar refractivity (Wildman–Crippen MR) is 75.9 cm³/mol. The standard InChI is InChI=1S/C13H8Cl2FN3/c14-7-4-10-11(5-8(7)15)19-13(18-10)6-2-1-3-9(16)12(6)17/h1-5H,17H2,(H,18,19). The van der Waals surface area contributed by atoms with E-state index in [1.165, 1.54) is 6.07 Å². The Balaban J connectivity index is 2.23. The normalized spacial score (nSPS) is 11.1. The molecular formula is C13H8Cl2FN3. The van der Waals surface area contributed by atoms with Gasteiger partial charge in [-0.05, 0) is 24.3 Å². The van der Waals surface area contributed by atoms with Gasteiger partial charge in [-0.1, -0.05) is 29.3 Å². The van der Waals surface area contributed by atoms with Crippen LogP contribution >= 0.6 is 23.2 Å². The van der Waals surface area contributed by atoms with Crippen molar-refractivity contribution in [2.45, 2.75) is 0 Å². The van der Waals surface area contributed by atoms with Gasteiger partial charge in [0.1, 0.15) is 11.6 Å². The van der Waals surface area contributed by atoms with E-state index in [0.29, 0.717) is 32.5 Å². The van der Waals surface area contributed by atoms with E-state index < -0.39 is 5.82 Å². The number of nitrogens with two attached hydrogens (primary N) is 1. The van der Waals surface area contributed by atoms with Gasteiger partial charge in [0.2, 0.25) is 0 Å². The van der Waals surface area contributed by atoms with Crippen LogP contribution in [0.1, 0.15) is 0 Å². The van der Waals surface area contributed by atoms with Crippen molar-refractivity contribution in [3.63, 3.8) is 0 Å². The van der Waals surface area contributed by atoms with Gasteiger partial charge in [0.25, 0.3) is 0 Å². The van der Waals surface area contributed by atoms with Gasteiger partial charge in [-0.2, -0.15) is 0 Å². The lowest BCUT2D eigenvalue weighted by atomic mass is 10.1. The fraction of sp³-hybridized carbons (Fsp3) is 0. The van der Waals surface area contributed by atoms with Crippen LogP contribution in [0.3, 0.4) is 0 Å². The van der Waals surface area contributed by atoms with E-state index in [2.05, 4.69) is 9.97 Å². The zero-order valence-corrected chi connectivity index (χ0v) is 11.1. The first-order valence-electron chi connectivity index (χ1n) is 5.45. The molecule has 0 amide bonds. The minimum atomic E-state index is -0.478. The number of fused-ring (bicyclic) bond motifs is 1. The van der Waals surface area contributed by atoms with Crippen LogP contribution in [0.4, 0.5) is 10.1 Å². The number of nitrogen functional groups attached to an aromatic ring is 1. The molecule has 0 aliphatic heterocycles. The van der Waals surface area contributed by atoms with Crippen molar-refractivity contribution >= 4 is 39.9 Å². The van der Waals surface area contributed by atoms with Crippen LogP contribution in [0.15, 0.2) is 30.3 Å². The monoisotopic (exact) mass is 295 g/mol. The molecule has 3 aromatic rings. The first-order chi connectivity index (χ1) is 9.06. The Bertz CT molecular complexity index is 744. The molecule has 0 radical (unpaired) electrons. The molecule has 0 unspecified atom stereocenters. The Morgan fingerprint density at radius 2 is 1.89 bits per heavy atom. The van der Waals surface area contributed by atoms with Crippen LogP contribution in [0.25, 0.3) is 22.4 Å². The number of para-hydroxylation sites is 1. The number of rotatable bonds is 1. The maximum absolute atomic E-state index is 13.4. The first-order valence-corrected chi connectivity index (χ1v) is 6.21. The number of anilines is 1. The third kappa shape index (κ3) is 2.03. The Hall–Kier alpha value is -1.78. The number of nitrogens with zero attached hydrogens (tertiary/aromatic N) is 1. The summed E-state index contributed by atoms with van der Waals surface area (Å²) in [4.78, 5) is 7.39. The van der Waals surface area contributed by atoms with E-state index in [0.717, 1.165) is 0 Å². The highest BCUT2D eigenvalue weighted by Crippen LogP contribution is 2.31. The maximum Gasteiger partial charge on any atom is 0.146 e. The molecule has 0 spiro atoms. The maximum atomic E-state index is 13.4. The number of H-pyrrole nitrogens is 1. The number of hydrogen-bond acceptors (Lipinski definition) is 2. The summed E-state index contributed by atoms with van der Waals surface area (Å²) < 4.78 is 13.4. The number of aromatic nitrogens is 2. The zero-order chi connectivity index (χ0) is 13.6. The average Bonchev–Trinajstić information content (AvgIpc) is 2.76. The van der Waals surface area contributed by atoms with Crippen molar-refractivity contribution < 1.29 is 4.39 Å². The van der Waals surface area contributed by atoms with Crippen LogP contribution in [0.2, 0.25) is 10.0 Å². The molecule has 1 heterocycles. The number of imidazole rings is 1. The van der Waals surface area contributed by atoms with E-state index in [1.54, 1.807) is 24.3 Å². The van der Waals surface area contributed by atoms with Gasteiger partial charge in [0.05, 0.1) is 26.8 Å². The fourth-order valence-corrected chi connectivity index (χ4v) is 2.20. The molecule has 3 rings (SSSR count). The summed E-state index contributed by atoms with van der Waals surface area (Å²) >= 11 is 11.9. The number of benzene rings is 2. The summed E-state index contributed by atoms with van der Waals surface area (Å²) in [5, 5.41) is 0.844. The van der Waals surface area contributed by atoms with Crippen LogP contribution in [0.5, 0.6) is 0 Å². The van der Waals surface area contributed by atoms with Crippen molar-refractivity contribution in [2.75, 3.05) is 5.73 Å². The Labute approximate surface area is 118 Å². The zero-order valence-electron chi connectivity index (χ0n) is 9.55. The van der Waals surface area contributed by atoms with Crippen LogP contribution < -0.4 is 5.73 Å². The highest BCUT2D eigenvalue weighted by molar-refractivity contribution is 6.42. The molecule has 96 valence electrons. The van der Waals surface area contributed by atoms with Gasteiger partial charge in [-0.15, -0.1) is 0 Å². The quantitative estimate of drug-likeness (QED) is 0.659. The van der Waals surface area contributed by atoms with Gasteiger partial charge < -0.3 is 10.7 Å². The Kier molecular flexibility index (Phi) is 2.84. The van der Waals surface area contributed by atoms with Crippen molar-refractivity contribution in [1.29, 1.82) is 0 Å². The Morgan fingerprint density at radius 3 is 2.68 bits per heavy atom. The molecule has 6 heteroatoms. The molecule has 0 aliphatic rings. The molecule has 0 saturated carbocycles. The van der Waals surface area contributed by atoms with Gasteiger partial charge in [-0.3, -0.25) is 0 Å². The lowest BCUT2D eigenvalue weighted by Crippen LogP contribution is -1.94. The molecule has 0 fully saturated rings. The van der Waals surface area contributed by atoms with E-state index in [4.69, 9.17) is 28.9 Å². The topological polar surface area (TPSA) is 54.7 Å². The number of aromatic amines is 1. The number of hydrogen-bond donors (Lipinski definition) is 2. The van der Waals surface area contributed by atoms with Gasteiger partial charge >= 0.3 is 0 Å². The molecular weight excluding hydrogens is 288 g/mol. The van der Waals surface area contributed by atoms with Gasteiger partial charge in [0.15, 0.2) is 0 Å². The summed E-state index contributed by atoms with van der Waals surface area (Å²) in [6.45, 7) is 0. The first kappa shape index (κ1) is 12.3. The third-order valence-electron chi connectivity index (χ3n) is 2.83. The van der Waals surface area contributed by atoms with E-state index in [9.17, 15) is 4.39 Å². The third-order valence-corrected chi connectivity index (χ3v) is 3.55. The molecule has 0 saturated heterocycles. The molecule has 1 aromatic heterocycles. The van der Waals surface area contributed by atoms with E-state index in [-0.39, 0.29) is 5.69 Å². The van der Waals surface area contributed by atoms with E-state index >= 15 is 0 Å². The van der Waals surface area contributed by atoms with Crippen molar-refractivity contribution in [3.8, 4) is 11.4 Å². The average molecular weight is 296 g/mol. The smallest absolute Gasteiger partial charge is 0.146 e. The minimum Gasteiger partial charge on any atom is -0.396 e. The van der Waals surface area contributed by atoms with Gasteiger partial charge in [0, 0.05) is 5.56 Å². The van der Waals surface area contributed by atoms with Crippen LogP contribution in [0, 0.1) is 5.82 Å². The summed E-state index contributed by atoms with van der Waals surface area (Å²) in [6, 6.07) is 7.89. The predicted octanol–water partition coefficient (Wildman–Crippen LogP) is 4.26. The highest BCUT2D eigenvalue weighted by atomic mass is 35.5. The molecule has 0 bridgehead atoms. The van der Waals surface area contributed by atoms with Crippen molar-refractivity contribution in [2.24, 2.45) is 0 Å². The lowest BCUT2D eigenvalue weighted by molar-refractivity contribution is 0.633. The van der Waals surface area contributed by atoms with Gasteiger partial charge in [-0.25, -0.2) is 9.37 Å². The van der Waals surface area contributed by atoms with Crippen molar-refractivity contribution in [1.82, 2.24) is 9.97 Å². The number of nitrogens with one attached hydrogen (secondary N) is 1. The Morgan fingerprint density at radius 1 is 1.16 bits per heavy atom. The molecule has 2 aromatic carbocycles. The lowest BCUT2D eigenvalue weighted by Gasteiger charge is -2.02. The summed E-state index contributed by atoms with van der Waals surface area (Å²) in [6.07, 6.45) is 0. The fourth-order valence-electron chi connectivity index (χ4n) is 1.88. The molecule has 3 nitrogen and oxygen atoms in total. The van der Waals surface area contributed by atoms with Crippen LogP contribution in [-0.2, 0) is 0 Å². The minimum absolute atomic E-state index is 0.0544. The second-order valence-electron chi connectivity index (χ2n) is 4.07. The summed E-state index contributed by atoms with van der Waals surface area (Å²) in [5.74, 6) is -0.000598. The van der Waals surface area contributed by atoms with E-state index in [1.807, 2.05) is 0 Å². The summed E-state index contributed by atoms with van der Waals surface area (Å²) in [5.41, 5.74) is 7.63. The SMILES string of the molecule is Nc1c(F)cccc1-c1nc2cc(Cl)c(Cl)cc2[nH]1. The second kappa shape index (κ2) is 4.40. The molecule has 19 heavy (non-hydrogen) atoms. The second-order valence-corrected chi connectivity index (χ2v) is 4.88. The number of halogens is 3. The summed E-state index contributed by atoms with van der Waals surface area (Å²) in [7, 11) is 0. The largest absolute Gasteiger partial charge is 0.396 e. The van der Waals surface area contributed by atoms with Crippen molar-refractivity contribution in [3.05, 3.63) is 46.2 Å². The highest BCUT2D eigenvalue weighted by Gasteiger charge is 2.12. The molecule has 0 aliphatic carbocycles. The molecule has 0 atom stereocenters. The van der Waals surface area contributed by atoms with Crippen LogP contribution in [-0.4, -0.2) is 9.97 Å². The molecule has 3 N–H and O–H groups in total.